The zero-order valence-corrected chi connectivity index (χ0v) is 17.1. The van der Waals surface area contributed by atoms with Crippen molar-refractivity contribution in [1.29, 1.82) is 0 Å². The van der Waals surface area contributed by atoms with Crippen LogP contribution in [0.5, 0.6) is 0 Å². The van der Waals surface area contributed by atoms with Crippen LogP contribution in [0.3, 0.4) is 0 Å². The number of carbonyl (C=O) groups excluding carboxylic acids is 1. The minimum atomic E-state index is -3.80. The number of nitrogens with one attached hydrogen (secondary N) is 2. The Morgan fingerprint density at radius 3 is 1.93 bits per heavy atom. The number of aryl methyl sites for hydroxylation is 2. The number of hydrogen-bond acceptors (Lipinski definition) is 5. The lowest BCUT2D eigenvalue weighted by Crippen LogP contribution is -2.31. The van der Waals surface area contributed by atoms with E-state index in [1.54, 1.807) is 0 Å². The first kappa shape index (κ1) is 20.9. The minimum Gasteiger partial charge on any atom is -0.325 e. The smallest absolute Gasteiger partial charge is 0.261 e. The summed E-state index contributed by atoms with van der Waals surface area (Å²) in [4.78, 5) is 12.0. The van der Waals surface area contributed by atoms with Crippen molar-refractivity contribution >= 4 is 37.1 Å². The molecule has 1 amide bonds. The van der Waals surface area contributed by atoms with Crippen LogP contribution in [0.2, 0.25) is 0 Å². The summed E-state index contributed by atoms with van der Waals surface area (Å²) in [5, 5.41) is 1.26. The SMILES string of the molecule is Cc1cccc(C)c1NS(=O)(=O)c1ccc(NC(=O)C(C)S(C)(=O)=O)cc1. The van der Waals surface area contributed by atoms with Crippen molar-refractivity contribution < 1.29 is 21.6 Å². The van der Waals surface area contributed by atoms with Gasteiger partial charge in [-0.15, -0.1) is 0 Å². The Bertz CT molecular complexity index is 1040. The number of hydrogen-bond donors (Lipinski definition) is 2. The topological polar surface area (TPSA) is 109 Å². The highest BCUT2D eigenvalue weighted by atomic mass is 32.2. The van der Waals surface area contributed by atoms with Gasteiger partial charge in [0.2, 0.25) is 5.91 Å². The molecular weight excluding hydrogens is 388 g/mol. The molecule has 7 nitrogen and oxygen atoms in total. The first-order valence-corrected chi connectivity index (χ1v) is 11.5. The number of rotatable bonds is 6. The van der Waals surface area contributed by atoms with Gasteiger partial charge in [-0.05, 0) is 56.2 Å². The van der Waals surface area contributed by atoms with Gasteiger partial charge in [-0.3, -0.25) is 9.52 Å². The molecule has 146 valence electrons. The van der Waals surface area contributed by atoms with Crippen LogP contribution in [-0.4, -0.2) is 34.2 Å². The molecule has 0 aliphatic rings. The fraction of sp³-hybridized carbons (Fsp3) is 0.278. The lowest BCUT2D eigenvalue weighted by molar-refractivity contribution is -0.115. The van der Waals surface area contributed by atoms with Crippen LogP contribution in [0.4, 0.5) is 11.4 Å². The summed E-state index contributed by atoms with van der Waals surface area (Å²) in [5.41, 5.74) is 2.44. The van der Waals surface area contributed by atoms with Gasteiger partial charge in [-0.1, -0.05) is 18.2 Å². The molecule has 9 heteroatoms. The maximum absolute atomic E-state index is 12.6. The number of sulfone groups is 1. The molecule has 1 atom stereocenters. The summed E-state index contributed by atoms with van der Waals surface area (Å²) in [6, 6.07) is 11.0. The summed E-state index contributed by atoms with van der Waals surface area (Å²) in [6.45, 7) is 4.91. The average Bonchev–Trinajstić information content (AvgIpc) is 2.57. The highest BCUT2D eigenvalue weighted by molar-refractivity contribution is 7.92. The molecule has 0 heterocycles. The molecule has 2 N–H and O–H groups in total. The molecule has 1 unspecified atom stereocenters. The van der Waals surface area contributed by atoms with E-state index in [9.17, 15) is 21.6 Å². The third-order valence-electron chi connectivity index (χ3n) is 4.16. The van der Waals surface area contributed by atoms with Crippen LogP contribution in [-0.2, 0) is 24.7 Å². The normalized spacial score (nSPS) is 13.0. The highest BCUT2D eigenvalue weighted by Crippen LogP contribution is 2.24. The largest absolute Gasteiger partial charge is 0.325 e. The van der Waals surface area contributed by atoms with Crippen molar-refractivity contribution in [2.75, 3.05) is 16.3 Å². The fourth-order valence-electron chi connectivity index (χ4n) is 2.32. The van der Waals surface area contributed by atoms with E-state index in [1.807, 2.05) is 32.0 Å². The Kier molecular flexibility index (Phi) is 5.96. The van der Waals surface area contributed by atoms with E-state index in [2.05, 4.69) is 10.0 Å². The molecule has 0 saturated carbocycles. The molecule has 27 heavy (non-hydrogen) atoms. The number of carbonyl (C=O) groups is 1. The van der Waals surface area contributed by atoms with Gasteiger partial charge >= 0.3 is 0 Å². The van der Waals surface area contributed by atoms with Crippen LogP contribution in [0, 0.1) is 13.8 Å². The fourth-order valence-corrected chi connectivity index (χ4v) is 3.98. The Morgan fingerprint density at radius 2 is 1.44 bits per heavy atom. The molecule has 0 aromatic heterocycles. The van der Waals surface area contributed by atoms with Gasteiger partial charge in [0.05, 0.1) is 10.6 Å². The van der Waals surface area contributed by atoms with Gasteiger partial charge in [0.15, 0.2) is 9.84 Å². The predicted octanol–water partition coefficient (Wildman–Crippen LogP) is 2.48. The van der Waals surface area contributed by atoms with Gasteiger partial charge < -0.3 is 5.32 Å². The summed E-state index contributed by atoms with van der Waals surface area (Å²) >= 11 is 0. The van der Waals surface area contributed by atoms with Crippen LogP contribution in [0.1, 0.15) is 18.1 Å². The van der Waals surface area contributed by atoms with E-state index in [1.165, 1.54) is 31.2 Å². The van der Waals surface area contributed by atoms with Crippen molar-refractivity contribution in [3.05, 3.63) is 53.6 Å². The van der Waals surface area contributed by atoms with E-state index in [0.717, 1.165) is 17.4 Å². The average molecular weight is 411 g/mol. The lowest BCUT2D eigenvalue weighted by Gasteiger charge is -2.14. The maximum Gasteiger partial charge on any atom is 0.261 e. The molecule has 0 radical (unpaired) electrons. The standard InChI is InChI=1S/C18H22N2O5S2/c1-12-6-5-7-13(2)17(12)20-27(24,25)16-10-8-15(9-11-16)19-18(21)14(3)26(4,22)23/h5-11,14,20H,1-4H3,(H,19,21). The van der Waals surface area contributed by atoms with Crippen molar-refractivity contribution in [1.82, 2.24) is 0 Å². The van der Waals surface area contributed by atoms with Crippen molar-refractivity contribution in [3.8, 4) is 0 Å². The summed E-state index contributed by atoms with van der Waals surface area (Å²) in [7, 11) is -7.32. The molecule has 2 aromatic carbocycles. The molecular formula is C18H22N2O5S2. The molecule has 0 aliphatic carbocycles. The number of benzene rings is 2. The maximum atomic E-state index is 12.6. The van der Waals surface area contributed by atoms with E-state index in [0.29, 0.717) is 11.4 Å². The van der Waals surface area contributed by atoms with Crippen LogP contribution < -0.4 is 10.0 Å². The molecule has 0 bridgehead atoms. The number of sulfonamides is 1. The van der Waals surface area contributed by atoms with E-state index in [-0.39, 0.29) is 4.90 Å². The second-order valence-electron chi connectivity index (χ2n) is 6.36. The summed E-state index contributed by atoms with van der Waals surface area (Å²) < 4.78 is 50.6. The Balaban J connectivity index is 2.20. The van der Waals surface area contributed by atoms with Crippen LogP contribution in [0.25, 0.3) is 0 Å². The second kappa shape index (κ2) is 7.69. The van der Waals surface area contributed by atoms with Gasteiger partial charge in [-0.2, -0.15) is 0 Å². The van der Waals surface area contributed by atoms with E-state index < -0.39 is 31.0 Å². The highest BCUT2D eigenvalue weighted by Gasteiger charge is 2.23. The first-order chi connectivity index (χ1) is 12.4. The van der Waals surface area contributed by atoms with Gasteiger partial charge in [-0.25, -0.2) is 16.8 Å². The number of amides is 1. The quantitative estimate of drug-likeness (QED) is 0.760. The zero-order chi connectivity index (χ0) is 20.4. The van der Waals surface area contributed by atoms with E-state index >= 15 is 0 Å². The summed E-state index contributed by atoms with van der Waals surface area (Å²) in [5.74, 6) is -0.679. The Hall–Kier alpha value is -2.39. The second-order valence-corrected chi connectivity index (χ2v) is 10.4. The molecule has 2 aromatic rings. The third kappa shape index (κ3) is 5.08. The van der Waals surface area contributed by atoms with Crippen molar-refractivity contribution in [3.63, 3.8) is 0 Å². The lowest BCUT2D eigenvalue weighted by atomic mass is 10.1. The molecule has 0 spiro atoms. The van der Waals surface area contributed by atoms with Gasteiger partial charge in [0.1, 0.15) is 5.25 Å². The van der Waals surface area contributed by atoms with Gasteiger partial charge in [0, 0.05) is 11.9 Å². The minimum absolute atomic E-state index is 0.0271. The predicted molar refractivity (Wildman–Crippen MR) is 106 cm³/mol. The Labute approximate surface area is 159 Å². The van der Waals surface area contributed by atoms with Crippen molar-refractivity contribution in [2.24, 2.45) is 0 Å². The Morgan fingerprint density at radius 1 is 0.926 bits per heavy atom. The first-order valence-electron chi connectivity index (χ1n) is 8.10. The van der Waals surface area contributed by atoms with Crippen LogP contribution in [0.15, 0.2) is 47.4 Å². The summed E-state index contributed by atoms with van der Waals surface area (Å²) in [6.07, 6.45) is 0.978. The molecule has 0 saturated heterocycles. The monoisotopic (exact) mass is 410 g/mol. The molecule has 2 rings (SSSR count). The number of para-hydroxylation sites is 1. The zero-order valence-electron chi connectivity index (χ0n) is 15.5. The van der Waals surface area contributed by atoms with E-state index in [4.69, 9.17) is 0 Å². The van der Waals surface area contributed by atoms with Crippen LogP contribution >= 0.6 is 0 Å². The molecule has 0 fully saturated rings. The third-order valence-corrected chi connectivity index (χ3v) is 7.03. The van der Waals surface area contributed by atoms with Crippen molar-refractivity contribution in [2.45, 2.75) is 30.9 Å². The number of anilines is 2. The molecule has 0 aliphatic heterocycles. The van der Waals surface area contributed by atoms with Gasteiger partial charge in [0.25, 0.3) is 10.0 Å².